The molecular weight excluding hydrogens is 245 g/mol. The van der Waals surface area contributed by atoms with Gasteiger partial charge >= 0.3 is 0 Å². The first-order valence-electron chi connectivity index (χ1n) is 5.33. The molecule has 0 radical (unpaired) electrons. The van der Waals surface area contributed by atoms with Crippen molar-refractivity contribution in [2.75, 3.05) is 11.4 Å². The summed E-state index contributed by atoms with van der Waals surface area (Å²) in [5.74, 6) is 0. The van der Waals surface area contributed by atoms with Crippen molar-refractivity contribution in [1.82, 2.24) is 0 Å². The molecule has 1 fully saturated rings. The molecule has 0 bridgehead atoms. The average Bonchev–Trinajstić information content (AvgIpc) is 2.47. The zero-order chi connectivity index (χ0) is 11.9. The number of benzene rings is 1. The number of rotatable bonds is 1. The molecule has 4 heteroatoms. The molecule has 16 heavy (non-hydrogen) atoms. The van der Waals surface area contributed by atoms with Crippen LogP contribution in [0.4, 0.5) is 5.69 Å². The molecule has 1 aliphatic heterocycles. The van der Waals surface area contributed by atoms with Gasteiger partial charge in [0.05, 0.1) is 21.7 Å². The summed E-state index contributed by atoms with van der Waals surface area (Å²) >= 11 is 11.9. The van der Waals surface area contributed by atoms with E-state index in [0.29, 0.717) is 10.0 Å². The fourth-order valence-corrected chi connectivity index (χ4v) is 2.48. The summed E-state index contributed by atoms with van der Waals surface area (Å²) in [6.07, 6.45) is 0.481. The number of hydrogen-bond acceptors (Lipinski definition) is 2. The molecule has 2 rings (SSSR count). The van der Waals surface area contributed by atoms with E-state index >= 15 is 0 Å². The highest BCUT2D eigenvalue weighted by Crippen LogP contribution is 2.36. The monoisotopic (exact) mass is 259 g/mol. The number of hydrogen-bond donors (Lipinski definition) is 1. The molecule has 1 heterocycles. The summed E-state index contributed by atoms with van der Waals surface area (Å²) in [6, 6.07) is 5.58. The minimum Gasteiger partial charge on any atom is -0.391 e. The van der Waals surface area contributed by atoms with Gasteiger partial charge in [-0.15, -0.1) is 0 Å². The van der Waals surface area contributed by atoms with E-state index in [1.165, 1.54) is 0 Å². The van der Waals surface area contributed by atoms with Crippen molar-refractivity contribution < 1.29 is 5.11 Å². The lowest BCUT2D eigenvalue weighted by atomic mass is 9.98. The first kappa shape index (κ1) is 12.0. The van der Waals surface area contributed by atoms with E-state index in [9.17, 15) is 5.11 Å². The fourth-order valence-electron chi connectivity index (χ4n) is 2.19. The summed E-state index contributed by atoms with van der Waals surface area (Å²) in [5, 5.41) is 11.0. The SMILES string of the molecule is CC1(C)C(O)CCN1c1ccc(Cl)c(Cl)c1. The highest BCUT2D eigenvalue weighted by molar-refractivity contribution is 6.42. The van der Waals surface area contributed by atoms with Crippen LogP contribution in [0.5, 0.6) is 0 Å². The van der Waals surface area contributed by atoms with Gasteiger partial charge in [-0.25, -0.2) is 0 Å². The van der Waals surface area contributed by atoms with Gasteiger partial charge in [-0.05, 0) is 38.5 Å². The Hall–Kier alpha value is -0.440. The van der Waals surface area contributed by atoms with Crippen molar-refractivity contribution in [1.29, 1.82) is 0 Å². The van der Waals surface area contributed by atoms with Crippen molar-refractivity contribution in [2.24, 2.45) is 0 Å². The van der Waals surface area contributed by atoms with Crippen LogP contribution >= 0.6 is 23.2 Å². The second kappa shape index (κ2) is 4.10. The molecule has 88 valence electrons. The summed E-state index contributed by atoms with van der Waals surface area (Å²) in [7, 11) is 0. The number of halogens is 2. The van der Waals surface area contributed by atoms with E-state index < -0.39 is 0 Å². The minimum absolute atomic E-state index is 0.253. The number of nitrogens with zero attached hydrogens (tertiary/aromatic N) is 1. The summed E-state index contributed by atoms with van der Waals surface area (Å²) < 4.78 is 0. The van der Waals surface area contributed by atoms with Crippen LogP contribution < -0.4 is 4.90 Å². The molecule has 1 N–H and O–H groups in total. The van der Waals surface area contributed by atoms with Gasteiger partial charge in [0.1, 0.15) is 0 Å². The molecule has 0 amide bonds. The predicted octanol–water partition coefficient (Wildman–Crippen LogP) is 3.34. The molecule has 1 saturated heterocycles. The van der Waals surface area contributed by atoms with Crippen molar-refractivity contribution in [2.45, 2.75) is 31.9 Å². The summed E-state index contributed by atoms with van der Waals surface area (Å²) in [4.78, 5) is 2.17. The van der Waals surface area contributed by atoms with Crippen LogP contribution in [-0.4, -0.2) is 23.3 Å². The second-order valence-corrected chi connectivity index (χ2v) is 5.52. The van der Waals surface area contributed by atoms with Crippen LogP contribution in [0, 0.1) is 0 Å². The maximum Gasteiger partial charge on any atom is 0.0783 e. The van der Waals surface area contributed by atoms with Crippen molar-refractivity contribution >= 4 is 28.9 Å². The van der Waals surface area contributed by atoms with E-state index in [2.05, 4.69) is 4.90 Å². The zero-order valence-electron chi connectivity index (χ0n) is 9.37. The van der Waals surface area contributed by atoms with Crippen molar-refractivity contribution in [3.63, 3.8) is 0 Å². The number of aliphatic hydroxyl groups excluding tert-OH is 1. The summed E-state index contributed by atoms with van der Waals surface area (Å²) in [5.41, 5.74) is 0.757. The third-order valence-corrected chi connectivity index (χ3v) is 4.09. The molecule has 1 unspecified atom stereocenters. The van der Waals surface area contributed by atoms with E-state index in [4.69, 9.17) is 23.2 Å². The molecule has 1 aromatic rings. The maximum atomic E-state index is 9.91. The van der Waals surface area contributed by atoms with Gasteiger partial charge in [-0.2, -0.15) is 0 Å². The van der Waals surface area contributed by atoms with E-state index in [1.54, 1.807) is 6.07 Å². The van der Waals surface area contributed by atoms with Crippen LogP contribution in [0.25, 0.3) is 0 Å². The number of anilines is 1. The standard InChI is InChI=1S/C12H15Cl2NO/c1-12(2)11(16)5-6-15(12)8-3-4-9(13)10(14)7-8/h3-4,7,11,16H,5-6H2,1-2H3. The average molecular weight is 260 g/mol. The van der Waals surface area contributed by atoms with Gasteiger partial charge in [-0.1, -0.05) is 23.2 Å². The Kier molecular flexibility index (Phi) is 3.08. The third kappa shape index (κ3) is 1.90. The quantitative estimate of drug-likeness (QED) is 0.837. The Balaban J connectivity index is 2.35. The van der Waals surface area contributed by atoms with Gasteiger partial charge in [0.25, 0.3) is 0 Å². The van der Waals surface area contributed by atoms with Gasteiger partial charge in [0.2, 0.25) is 0 Å². The zero-order valence-corrected chi connectivity index (χ0v) is 10.9. The Morgan fingerprint density at radius 3 is 2.50 bits per heavy atom. The lowest BCUT2D eigenvalue weighted by Gasteiger charge is -2.35. The Bertz CT molecular complexity index is 406. The van der Waals surface area contributed by atoms with E-state index in [-0.39, 0.29) is 11.6 Å². The topological polar surface area (TPSA) is 23.5 Å². The smallest absolute Gasteiger partial charge is 0.0783 e. The van der Waals surface area contributed by atoms with Crippen LogP contribution in [0.15, 0.2) is 18.2 Å². The highest BCUT2D eigenvalue weighted by atomic mass is 35.5. The largest absolute Gasteiger partial charge is 0.391 e. The Morgan fingerprint density at radius 2 is 2.00 bits per heavy atom. The van der Waals surface area contributed by atoms with Crippen molar-refractivity contribution in [3.05, 3.63) is 28.2 Å². The normalized spacial score (nSPS) is 23.8. The Labute approximate surface area is 106 Å². The molecular formula is C12H15Cl2NO. The molecule has 0 spiro atoms. The van der Waals surface area contributed by atoms with Gasteiger partial charge < -0.3 is 10.0 Å². The molecule has 2 nitrogen and oxygen atoms in total. The molecule has 1 atom stereocenters. The van der Waals surface area contributed by atoms with Gasteiger partial charge in [0.15, 0.2) is 0 Å². The lowest BCUT2D eigenvalue weighted by Crippen LogP contribution is -2.45. The first-order valence-corrected chi connectivity index (χ1v) is 6.09. The molecule has 0 saturated carbocycles. The predicted molar refractivity (Wildman–Crippen MR) is 68.5 cm³/mol. The van der Waals surface area contributed by atoms with Gasteiger partial charge in [-0.3, -0.25) is 0 Å². The van der Waals surface area contributed by atoms with Crippen LogP contribution in [0.1, 0.15) is 20.3 Å². The third-order valence-electron chi connectivity index (χ3n) is 3.35. The molecule has 1 aliphatic rings. The van der Waals surface area contributed by atoms with E-state index in [0.717, 1.165) is 18.7 Å². The number of aliphatic hydroxyl groups is 1. The second-order valence-electron chi connectivity index (χ2n) is 4.71. The molecule has 0 aromatic heterocycles. The summed E-state index contributed by atoms with van der Waals surface area (Å²) in [6.45, 7) is 4.91. The first-order chi connectivity index (χ1) is 7.43. The Morgan fingerprint density at radius 1 is 1.31 bits per heavy atom. The molecule has 0 aliphatic carbocycles. The highest BCUT2D eigenvalue weighted by Gasteiger charge is 2.40. The van der Waals surface area contributed by atoms with Crippen LogP contribution in [-0.2, 0) is 0 Å². The van der Waals surface area contributed by atoms with Crippen LogP contribution in [0.3, 0.4) is 0 Å². The van der Waals surface area contributed by atoms with Crippen LogP contribution in [0.2, 0.25) is 10.0 Å². The van der Waals surface area contributed by atoms with E-state index in [1.807, 2.05) is 26.0 Å². The minimum atomic E-state index is -0.304. The van der Waals surface area contributed by atoms with Gasteiger partial charge in [0, 0.05) is 12.2 Å². The molecule has 1 aromatic carbocycles. The maximum absolute atomic E-state index is 9.91. The lowest BCUT2D eigenvalue weighted by molar-refractivity contribution is 0.127. The van der Waals surface area contributed by atoms with Crippen molar-refractivity contribution in [3.8, 4) is 0 Å². The fraction of sp³-hybridized carbons (Fsp3) is 0.500.